The van der Waals surface area contributed by atoms with Crippen molar-refractivity contribution in [1.29, 1.82) is 0 Å². The highest BCUT2D eigenvalue weighted by molar-refractivity contribution is 6.10. The Morgan fingerprint density at radius 2 is 1.24 bits per heavy atom. The number of methoxy groups -OCH3 is 2. The number of allylic oxidation sites excluding steroid dienone is 5. The summed E-state index contributed by atoms with van der Waals surface area (Å²) in [6, 6.07) is 8.23. The molecule has 0 fully saturated rings. The van der Waals surface area contributed by atoms with Crippen LogP contribution >= 0.6 is 0 Å². The van der Waals surface area contributed by atoms with Gasteiger partial charge in [0.05, 0.1) is 30.6 Å². The summed E-state index contributed by atoms with van der Waals surface area (Å²) in [5, 5.41) is 0. The first kappa shape index (κ1) is 34.1. The predicted molar refractivity (Wildman–Crippen MR) is 166 cm³/mol. The van der Waals surface area contributed by atoms with Crippen molar-refractivity contribution in [2.24, 2.45) is 10.8 Å². The zero-order valence-electron chi connectivity index (χ0n) is 26.5. The number of carbonyl (C=O) groups is 3. The van der Waals surface area contributed by atoms with E-state index in [-0.39, 0.29) is 11.7 Å². The Balaban J connectivity index is 2.72. The Bertz CT molecular complexity index is 1360. The summed E-state index contributed by atoms with van der Waals surface area (Å²) in [6.45, 7) is 14.5. The van der Waals surface area contributed by atoms with E-state index in [1.54, 1.807) is 79.0 Å². The smallest absolute Gasteiger partial charge is 0.316 e. The third kappa shape index (κ3) is 8.93. The van der Waals surface area contributed by atoms with Crippen LogP contribution < -0.4 is 14.2 Å². The normalized spacial score (nSPS) is 12.5. The Kier molecular flexibility index (Phi) is 11.9. The van der Waals surface area contributed by atoms with Gasteiger partial charge >= 0.3 is 11.9 Å². The topological polar surface area (TPSA) is 88.1 Å². The van der Waals surface area contributed by atoms with Crippen LogP contribution in [0.4, 0.5) is 0 Å². The molecule has 0 bridgehead atoms. The fourth-order valence-electron chi connectivity index (χ4n) is 3.75. The number of ketones is 1. The standard InChI is InChI=1S/C35H44O7/c1-11-13-15-24-21-25(16-14-12-2)31(42-33(38)35(6,7)8)27(30(24)40-10)22-28(39-9)29(36)23-17-19-26(20-18-23)41-32(37)34(3,4)5/h11-14,17-22H,15-16H2,1-10H3. The number of carbonyl (C=O) groups excluding carboxylic acids is 3. The van der Waals surface area contributed by atoms with Crippen LogP contribution in [0, 0.1) is 10.8 Å². The van der Waals surface area contributed by atoms with Gasteiger partial charge in [0, 0.05) is 5.56 Å². The Labute approximate surface area is 250 Å². The van der Waals surface area contributed by atoms with Crippen molar-refractivity contribution in [1.82, 2.24) is 0 Å². The molecule has 226 valence electrons. The van der Waals surface area contributed by atoms with Crippen LogP contribution in [0.1, 0.15) is 82.4 Å². The molecule has 0 amide bonds. The molecule has 0 spiro atoms. The van der Waals surface area contributed by atoms with Gasteiger partial charge in [-0.15, -0.1) is 0 Å². The van der Waals surface area contributed by atoms with E-state index < -0.39 is 22.6 Å². The largest absolute Gasteiger partial charge is 0.496 e. The third-order valence-corrected chi connectivity index (χ3v) is 6.24. The van der Waals surface area contributed by atoms with Crippen LogP contribution in [0.3, 0.4) is 0 Å². The quantitative estimate of drug-likeness (QED) is 0.0676. The lowest BCUT2D eigenvalue weighted by atomic mass is 9.95. The van der Waals surface area contributed by atoms with Gasteiger partial charge in [0.1, 0.15) is 17.2 Å². The fraction of sp³-hybridized carbons (Fsp3) is 0.400. The molecule has 2 rings (SSSR count). The minimum atomic E-state index is -0.770. The lowest BCUT2D eigenvalue weighted by Crippen LogP contribution is -2.26. The molecule has 0 unspecified atom stereocenters. The molecule has 7 nitrogen and oxygen atoms in total. The van der Waals surface area contributed by atoms with Crippen LogP contribution in [0.25, 0.3) is 6.08 Å². The first-order valence-electron chi connectivity index (χ1n) is 14.0. The Hall–Kier alpha value is -4.13. The molecule has 42 heavy (non-hydrogen) atoms. The molecule has 0 aliphatic rings. The SMILES string of the molecule is CC=CCc1cc(CC=CC)c(OC(=O)C(C)(C)C)c(C=C(OC)C(=O)c2ccc(OC(=O)C(C)(C)C)cc2)c1OC. The van der Waals surface area contributed by atoms with Crippen molar-refractivity contribution in [3.05, 3.63) is 82.6 Å². The number of hydrogen-bond acceptors (Lipinski definition) is 7. The predicted octanol–water partition coefficient (Wildman–Crippen LogP) is 7.71. The molecule has 0 atom stereocenters. The van der Waals surface area contributed by atoms with Gasteiger partial charge in [-0.25, -0.2) is 0 Å². The molecule has 0 aliphatic heterocycles. The molecule has 7 heteroatoms. The average Bonchev–Trinajstić information content (AvgIpc) is 2.93. The summed E-state index contributed by atoms with van der Waals surface area (Å²) in [5.41, 5.74) is 0.951. The van der Waals surface area contributed by atoms with E-state index in [1.807, 2.05) is 44.2 Å². The first-order valence-corrected chi connectivity index (χ1v) is 14.0. The van der Waals surface area contributed by atoms with Crippen LogP contribution in [0.5, 0.6) is 17.2 Å². The van der Waals surface area contributed by atoms with Crippen molar-refractivity contribution in [2.75, 3.05) is 14.2 Å². The number of esters is 2. The maximum Gasteiger partial charge on any atom is 0.316 e. The maximum atomic E-state index is 13.6. The number of hydrogen-bond donors (Lipinski definition) is 0. The van der Waals surface area contributed by atoms with Crippen molar-refractivity contribution in [3.63, 3.8) is 0 Å². The van der Waals surface area contributed by atoms with Gasteiger partial charge in [-0.2, -0.15) is 0 Å². The Morgan fingerprint density at radius 3 is 1.69 bits per heavy atom. The molecule has 0 aromatic heterocycles. The lowest BCUT2D eigenvalue weighted by Gasteiger charge is -2.22. The van der Waals surface area contributed by atoms with Gasteiger partial charge in [-0.1, -0.05) is 24.3 Å². The summed E-state index contributed by atoms with van der Waals surface area (Å²) in [6.07, 6.45) is 10.5. The fourth-order valence-corrected chi connectivity index (χ4v) is 3.75. The number of benzene rings is 2. The van der Waals surface area contributed by atoms with E-state index in [0.717, 1.165) is 11.1 Å². The zero-order chi connectivity index (χ0) is 31.7. The molecular weight excluding hydrogens is 532 g/mol. The third-order valence-electron chi connectivity index (χ3n) is 6.24. The average molecular weight is 577 g/mol. The second-order valence-electron chi connectivity index (χ2n) is 11.9. The molecular formula is C35H44O7. The summed E-state index contributed by atoms with van der Waals surface area (Å²) in [7, 11) is 2.94. The van der Waals surface area contributed by atoms with Crippen LogP contribution in [-0.2, 0) is 27.2 Å². The van der Waals surface area contributed by atoms with Gasteiger partial charge in [-0.3, -0.25) is 14.4 Å². The highest BCUT2D eigenvalue weighted by Gasteiger charge is 2.29. The van der Waals surface area contributed by atoms with E-state index in [2.05, 4.69) is 0 Å². The molecule has 0 saturated heterocycles. The van der Waals surface area contributed by atoms with Crippen molar-refractivity contribution in [3.8, 4) is 17.2 Å². The Morgan fingerprint density at radius 1 is 0.738 bits per heavy atom. The van der Waals surface area contributed by atoms with Crippen molar-refractivity contribution >= 4 is 23.8 Å². The van der Waals surface area contributed by atoms with Crippen LogP contribution in [0.2, 0.25) is 0 Å². The van der Waals surface area contributed by atoms with Crippen LogP contribution in [-0.4, -0.2) is 31.9 Å². The van der Waals surface area contributed by atoms with Gasteiger partial charge in [-0.05, 0) is 116 Å². The van der Waals surface area contributed by atoms with E-state index in [4.69, 9.17) is 18.9 Å². The van der Waals surface area contributed by atoms with Gasteiger partial charge in [0.15, 0.2) is 5.76 Å². The molecule has 2 aromatic carbocycles. The minimum absolute atomic E-state index is 0.0148. The summed E-state index contributed by atoms with van der Waals surface area (Å²) >= 11 is 0. The van der Waals surface area contributed by atoms with E-state index >= 15 is 0 Å². The minimum Gasteiger partial charge on any atom is -0.496 e. The highest BCUT2D eigenvalue weighted by Crippen LogP contribution is 2.40. The van der Waals surface area contributed by atoms with Gasteiger partial charge < -0.3 is 18.9 Å². The second kappa shape index (κ2) is 14.7. The molecule has 2 aromatic rings. The summed E-state index contributed by atoms with van der Waals surface area (Å²) in [4.78, 5) is 39.0. The first-order chi connectivity index (χ1) is 19.7. The number of rotatable bonds is 11. The number of Topliss-reactive ketones (excluding diaryl/α,β-unsaturated/α-hetero) is 1. The molecule has 0 aliphatic carbocycles. The van der Waals surface area contributed by atoms with E-state index in [9.17, 15) is 14.4 Å². The lowest BCUT2D eigenvalue weighted by molar-refractivity contribution is -0.143. The molecule has 0 saturated carbocycles. The zero-order valence-corrected chi connectivity index (χ0v) is 26.5. The summed E-state index contributed by atoms with van der Waals surface area (Å²) in [5.74, 6) is -0.0847. The van der Waals surface area contributed by atoms with E-state index in [1.165, 1.54) is 7.11 Å². The van der Waals surface area contributed by atoms with Gasteiger partial charge in [0.25, 0.3) is 0 Å². The maximum absolute atomic E-state index is 13.6. The van der Waals surface area contributed by atoms with Crippen molar-refractivity contribution in [2.45, 2.75) is 68.2 Å². The monoisotopic (exact) mass is 576 g/mol. The highest BCUT2D eigenvalue weighted by atomic mass is 16.5. The van der Waals surface area contributed by atoms with Gasteiger partial charge in [0.2, 0.25) is 5.78 Å². The van der Waals surface area contributed by atoms with Crippen molar-refractivity contribution < 1.29 is 33.3 Å². The summed E-state index contributed by atoms with van der Waals surface area (Å²) < 4.78 is 22.9. The molecule has 0 heterocycles. The van der Waals surface area contributed by atoms with E-state index in [0.29, 0.717) is 41.2 Å². The molecule has 0 N–H and O–H groups in total. The second-order valence-corrected chi connectivity index (χ2v) is 11.9. The van der Waals surface area contributed by atoms with Crippen LogP contribution in [0.15, 0.2) is 60.4 Å². The number of ether oxygens (including phenoxy) is 4. The molecule has 0 radical (unpaired) electrons.